The van der Waals surface area contributed by atoms with Gasteiger partial charge in [0.1, 0.15) is 5.78 Å². The SMILES string of the molecule is C=CC1C([C@@]2(C)CC[C@H](O)CC2=O)CC[C@@]2(C)C1CC[C@@H]2[C@H](C)CCC(=O)O. The highest BCUT2D eigenvalue weighted by Crippen LogP contribution is 2.64. The van der Waals surface area contributed by atoms with Crippen molar-refractivity contribution in [1.29, 1.82) is 0 Å². The second-order valence-electron chi connectivity index (χ2n) is 10.4. The zero-order chi connectivity index (χ0) is 20.7. The second kappa shape index (κ2) is 7.93. The number of allylic oxidation sites excluding steroid dienone is 1. The van der Waals surface area contributed by atoms with Gasteiger partial charge < -0.3 is 10.2 Å². The van der Waals surface area contributed by atoms with E-state index in [1.165, 1.54) is 0 Å². The highest BCUT2D eigenvalue weighted by molar-refractivity contribution is 5.86. The third-order valence-corrected chi connectivity index (χ3v) is 9.05. The number of aliphatic hydroxyl groups excluding tert-OH is 1. The van der Waals surface area contributed by atoms with Crippen molar-refractivity contribution < 1.29 is 19.8 Å². The Morgan fingerprint density at radius 2 is 1.93 bits per heavy atom. The molecule has 0 aliphatic heterocycles. The van der Waals surface area contributed by atoms with Crippen LogP contribution < -0.4 is 0 Å². The quantitative estimate of drug-likeness (QED) is 0.636. The molecule has 3 unspecified atom stereocenters. The number of ketones is 1. The number of carboxylic acids is 1. The van der Waals surface area contributed by atoms with Crippen LogP contribution in [0.15, 0.2) is 12.7 Å². The number of rotatable bonds is 6. The maximum atomic E-state index is 12.9. The maximum Gasteiger partial charge on any atom is 0.303 e. The zero-order valence-electron chi connectivity index (χ0n) is 17.8. The number of carboxylic acid groups (broad SMARTS) is 1. The Hall–Kier alpha value is -1.16. The lowest BCUT2D eigenvalue weighted by Crippen LogP contribution is -2.51. The fourth-order valence-electron chi connectivity index (χ4n) is 7.34. The van der Waals surface area contributed by atoms with Crippen LogP contribution in [0.3, 0.4) is 0 Å². The largest absolute Gasteiger partial charge is 0.481 e. The molecule has 4 heteroatoms. The normalized spacial score (nSPS) is 44.7. The monoisotopic (exact) mass is 390 g/mol. The van der Waals surface area contributed by atoms with E-state index in [9.17, 15) is 14.7 Å². The molecule has 0 saturated heterocycles. The second-order valence-corrected chi connectivity index (χ2v) is 10.4. The molecular weight excluding hydrogens is 352 g/mol. The molecule has 3 fully saturated rings. The van der Waals surface area contributed by atoms with Crippen molar-refractivity contribution in [2.75, 3.05) is 0 Å². The molecule has 0 spiro atoms. The Morgan fingerprint density at radius 3 is 2.54 bits per heavy atom. The summed E-state index contributed by atoms with van der Waals surface area (Å²) in [6.07, 6.45) is 8.89. The predicted molar refractivity (Wildman–Crippen MR) is 110 cm³/mol. The van der Waals surface area contributed by atoms with Crippen molar-refractivity contribution in [2.45, 2.75) is 84.7 Å². The fraction of sp³-hybridized carbons (Fsp3) is 0.833. The summed E-state index contributed by atoms with van der Waals surface area (Å²) in [5.74, 6) is 1.67. The van der Waals surface area contributed by atoms with Crippen LogP contribution in [-0.2, 0) is 9.59 Å². The standard InChI is InChI=1S/C24H38O4/c1-5-17-19-8-7-18(15(2)6-9-22(27)28)23(19,3)13-11-20(17)24(4)12-10-16(25)14-21(24)26/h5,15-20,25H,1,6-14H2,2-4H3,(H,27,28)/t15-,16+,17?,18-,19?,20?,23-,24-/m1/s1. The van der Waals surface area contributed by atoms with Crippen molar-refractivity contribution in [3.8, 4) is 0 Å². The number of fused-ring (bicyclic) bond motifs is 1. The van der Waals surface area contributed by atoms with Gasteiger partial charge in [0.05, 0.1) is 6.10 Å². The van der Waals surface area contributed by atoms with E-state index in [2.05, 4.69) is 33.4 Å². The summed E-state index contributed by atoms with van der Waals surface area (Å²) in [4.78, 5) is 24.0. The van der Waals surface area contributed by atoms with E-state index in [1.54, 1.807) is 0 Å². The van der Waals surface area contributed by atoms with Gasteiger partial charge >= 0.3 is 5.97 Å². The minimum Gasteiger partial charge on any atom is -0.481 e. The summed E-state index contributed by atoms with van der Waals surface area (Å²) < 4.78 is 0. The maximum absolute atomic E-state index is 12.9. The molecule has 0 bridgehead atoms. The smallest absolute Gasteiger partial charge is 0.303 e. The Labute approximate surface area is 169 Å². The van der Waals surface area contributed by atoms with Crippen molar-refractivity contribution in [1.82, 2.24) is 0 Å². The summed E-state index contributed by atoms with van der Waals surface area (Å²) in [7, 11) is 0. The van der Waals surface area contributed by atoms with E-state index in [-0.39, 0.29) is 23.0 Å². The van der Waals surface area contributed by atoms with Crippen molar-refractivity contribution >= 4 is 11.8 Å². The van der Waals surface area contributed by atoms with Gasteiger partial charge in [-0.3, -0.25) is 9.59 Å². The Balaban J connectivity index is 1.80. The van der Waals surface area contributed by atoms with Crippen LogP contribution in [0.5, 0.6) is 0 Å². The minimum atomic E-state index is -0.704. The molecule has 3 aliphatic rings. The number of aliphatic hydroxyl groups is 1. The molecule has 3 rings (SSSR count). The van der Waals surface area contributed by atoms with Crippen molar-refractivity contribution in [3.05, 3.63) is 12.7 Å². The van der Waals surface area contributed by atoms with E-state index in [0.717, 1.165) is 44.9 Å². The number of carbonyl (C=O) groups is 2. The summed E-state index contributed by atoms with van der Waals surface area (Å²) in [6.45, 7) is 11.0. The first kappa shape index (κ1) is 21.5. The third-order valence-electron chi connectivity index (χ3n) is 9.05. The highest BCUT2D eigenvalue weighted by Gasteiger charge is 2.58. The molecule has 0 aromatic heterocycles. The lowest BCUT2D eigenvalue weighted by atomic mass is 9.50. The van der Waals surface area contributed by atoms with Crippen LogP contribution in [0.2, 0.25) is 0 Å². The first-order chi connectivity index (χ1) is 13.1. The summed E-state index contributed by atoms with van der Waals surface area (Å²) in [5.41, 5.74) is -0.132. The van der Waals surface area contributed by atoms with Gasteiger partial charge in [-0.05, 0) is 80.0 Å². The molecule has 0 radical (unpaired) electrons. The fourth-order valence-corrected chi connectivity index (χ4v) is 7.34. The Bertz CT molecular complexity index is 628. The van der Waals surface area contributed by atoms with Crippen molar-refractivity contribution in [3.63, 3.8) is 0 Å². The minimum absolute atomic E-state index is 0.209. The molecule has 0 amide bonds. The summed E-state index contributed by atoms with van der Waals surface area (Å²) in [6, 6.07) is 0. The van der Waals surface area contributed by atoms with Crippen LogP contribution in [0.25, 0.3) is 0 Å². The van der Waals surface area contributed by atoms with Crippen LogP contribution in [0, 0.1) is 40.4 Å². The van der Waals surface area contributed by atoms with Gasteiger partial charge in [-0.25, -0.2) is 0 Å². The van der Waals surface area contributed by atoms with Gasteiger partial charge in [-0.1, -0.05) is 26.8 Å². The van der Waals surface area contributed by atoms with E-state index in [0.29, 0.717) is 36.0 Å². The average molecular weight is 391 g/mol. The summed E-state index contributed by atoms with van der Waals surface area (Å²) in [5, 5.41) is 19.0. The Morgan fingerprint density at radius 1 is 1.21 bits per heavy atom. The van der Waals surface area contributed by atoms with E-state index in [4.69, 9.17) is 5.11 Å². The molecule has 8 atom stereocenters. The van der Waals surface area contributed by atoms with Crippen molar-refractivity contribution in [2.24, 2.45) is 40.4 Å². The number of carbonyl (C=O) groups excluding carboxylic acids is 1. The van der Waals surface area contributed by atoms with Crippen LogP contribution in [-0.4, -0.2) is 28.1 Å². The molecule has 2 N–H and O–H groups in total. The first-order valence-corrected chi connectivity index (χ1v) is 11.2. The number of hydrogen-bond donors (Lipinski definition) is 2. The molecule has 3 aliphatic carbocycles. The van der Waals surface area contributed by atoms with Gasteiger partial charge in [0.15, 0.2) is 0 Å². The molecule has 28 heavy (non-hydrogen) atoms. The predicted octanol–water partition coefficient (Wildman–Crippen LogP) is 4.85. The van der Waals surface area contributed by atoms with Gasteiger partial charge in [0.2, 0.25) is 0 Å². The van der Waals surface area contributed by atoms with E-state index >= 15 is 0 Å². The van der Waals surface area contributed by atoms with Crippen LogP contribution in [0.1, 0.15) is 78.6 Å². The molecule has 0 aromatic carbocycles. The number of Topliss-reactive ketones (excluding diaryl/α,β-unsaturated/α-hetero) is 1. The average Bonchev–Trinajstić information content (AvgIpc) is 2.99. The lowest BCUT2D eigenvalue weighted by molar-refractivity contribution is -0.143. The Kier molecular flexibility index (Phi) is 6.10. The lowest BCUT2D eigenvalue weighted by Gasteiger charge is -2.54. The third kappa shape index (κ3) is 3.58. The highest BCUT2D eigenvalue weighted by atomic mass is 16.4. The summed E-state index contributed by atoms with van der Waals surface area (Å²) >= 11 is 0. The molecule has 0 heterocycles. The molecule has 0 aromatic rings. The van der Waals surface area contributed by atoms with Gasteiger partial charge in [0.25, 0.3) is 0 Å². The number of hydrogen-bond acceptors (Lipinski definition) is 3. The first-order valence-electron chi connectivity index (χ1n) is 11.2. The zero-order valence-corrected chi connectivity index (χ0v) is 17.8. The number of aliphatic carboxylic acids is 1. The van der Waals surface area contributed by atoms with E-state index in [1.807, 2.05) is 0 Å². The molecular formula is C24H38O4. The van der Waals surface area contributed by atoms with Gasteiger partial charge in [0, 0.05) is 18.3 Å². The van der Waals surface area contributed by atoms with Crippen LogP contribution >= 0.6 is 0 Å². The molecule has 4 nitrogen and oxygen atoms in total. The van der Waals surface area contributed by atoms with Gasteiger partial charge in [-0.2, -0.15) is 0 Å². The van der Waals surface area contributed by atoms with E-state index < -0.39 is 12.1 Å². The molecule has 158 valence electrons. The molecule has 3 saturated carbocycles. The topological polar surface area (TPSA) is 74.6 Å². The van der Waals surface area contributed by atoms with Gasteiger partial charge in [-0.15, -0.1) is 6.58 Å². The van der Waals surface area contributed by atoms with Crippen LogP contribution in [0.4, 0.5) is 0 Å².